The molecule has 0 aliphatic rings. The van der Waals surface area contributed by atoms with Gasteiger partial charge in [-0.05, 0) is 48.9 Å². The van der Waals surface area contributed by atoms with Crippen molar-refractivity contribution in [2.24, 2.45) is 0 Å². The van der Waals surface area contributed by atoms with Crippen molar-refractivity contribution < 1.29 is 22.7 Å². The molecule has 2 aromatic rings. The zero-order valence-electron chi connectivity index (χ0n) is 16.1. The van der Waals surface area contributed by atoms with Gasteiger partial charge in [-0.2, -0.15) is 4.31 Å². The lowest BCUT2D eigenvalue weighted by atomic mass is 10.2. The predicted octanol–water partition coefficient (Wildman–Crippen LogP) is 2.82. The first-order chi connectivity index (χ1) is 13.3. The third-order valence-corrected chi connectivity index (χ3v) is 6.13. The zero-order chi connectivity index (χ0) is 20.7. The van der Waals surface area contributed by atoms with Crippen molar-refractivity contribution in [3.05, 3.63) is 59.7 Å². The molecule has 1 N–H and O–H groups in total. The number of hydrogen-bond acceptors (Lipinski definition) is 5. The fourth-order valence-electron chi connectivity index (χ4n) is 2.61. The number of nitrogens with one attached hydrogen (secondary N) is 1. The Kier molecular flexibility index (Phi) is 7.31. The van der Waals surface area contributed by atoms with Crippen molar-refractivity contribution in [2.75, 3.05) is 25.0 Å². The van der Waals surface area contributed by atoms with Crippen LogP contribution in [0.1, 0.15) is 29.8 Å². The van der Waals surface area contributed by atoms with E-state index in [1.165, 1.54) is 28.6 Å². The van der Waals surface area contributed by atoms with E-state index in [1.807, 2.05) is 19.1 Å². The largest absolute Gasteiger partial charge is 0.452 e. The number of anilines is 1. The Hall–Kier alpha value is -2.71. The van der Waals surface area contributed by atoms with Crippen LogP contribution in [-0.4, -0.2) is 44.3 Å². The fraction of sp³-hybridized carbons (Fsp3) is 0.300. The second-order valence-electron chi connectivity index (χ2n) is 6.11. The highest BCUT2D eigenvalue weighted by atomic mass is 32.2. The molecule has 0 saturated carbocycles. The molecule has 2 rings (SSSR count). The molecule has 0 heterocycles. The van der Waals surface area contributed by atoms with Gasteiger partial charge in [0, 0.05) is 18.8 Å². The van der Waals surface area contributed by atoms with Crippen LogP contribution in [0.15, 0.2) is 53.4 Å². The Morgan fingerprint density at radius 1 is 1.04 bits per heavy atom. The van der Waals surface area contributed by atoms with Crippen LogP contribution in [0.5, 0.6) is 0 Å². The van der Waals surface area contributed by atoms with Gasteiger partial charge in [0.05, 0.1) is 10.5 Å². The second-order valence-corrected chi connectivity index (χ2v) is 8.05. The molecule has 0 fully saturated rings. The molecule has 0 radical (unpaired) electrons. The minimum atomic E-state index is -3.59. The quantitative estimate of drug-likeness (QED) is 0.683. The highest BCUT2D eigenvalue weighted by molar-refractivity contribution is 7.89. The SMILES string of the molecule is CCN(CC)S(=O)(=O)c1ccc(C(=O)OCC(=O)Nc2cccc(C)c2)cc1. The van der Waals surface area contributed by atoms with Crippen molar-refractivity contribution in [3.63, 3.8) is 0 Å². The molecular formula is C20H24N2O5S. The molecule has 0 unspecified atom stereocenters. The number of carbonyl (C=O) groups excluding carboxylic acids is 2. The van der Waals surface area contributed by atoms with Gasteiger partial charge in [-0.25, -0.2) is 13.2 Å². The molecule has 0 aliphatic heterocycles. The summed E-state index contributed by atoms with van der Waals surface area (Å²) in [6, 6.07) is 12.7. The second kappa shape index (κ2) is 9.48. The minimum Gasteiger partial charge on any atom is -0.452 e. The first-order valence-electron chi connectivity index (χ1n) is 8.91. The normalized spacial score (nSPS) is 11.3. The van der Waals surface area contributed by atoms with Gasteiger partial charge < -0.3 is 10.1 Å². The number of aryl methyl sites for hydroxylation is 1. The van der Waals surface area contributed by atoms with E-state index in [-0.39, 0.29) is 10.5 Å². The molecule has 2 aromatic carbocycles. The number of esters is 1. The van der Waals surface area contributed by atoms with E-state index in [4.69, 9.17) is 4.74 Å². The van der Waals surface area contributed by atoms with Crippen LogP contribution in [0.4, 0.5) is 5.69 Å². The van der Waals surface area contributed by atoms with Gasteiger partial charge in [0.1, 0.15) is 0 Å². The van der Waals surface area contributed by atoms with Gasteiger partial charge in [-0.15, -0.1) is 0 Å². The lowest BCUT2D eigenvalue weighted by Crippen LogP contribution is -2.30. The highest BCUT2D eigenvalue weighted by Crippen LogP contribution is 2.16. The van der Waals surface area contributed by atoms with E-state index in [2.05, 4.69) is 5.32 Å². The Morgan fingerprint density at radius 3 is 2.25 bits per heavy atom. The standard InChI is InChI=1S/C20H24N2O5S/c1-4-22(5-2)28(25,26)18-11-9-16(10-12-18)20(24)27-14-19(23)21-17-8-6-7-15(3)13-17/h6-13H,4-5,14H2,1-3H3,(H,21,23). The molecule has 0 atom stereocenters. The minimum absolute atomic E-state index is 0.102. The smallest absolute Gasteiger partial charge is 0.338 e. The van der Waals surface area contributed by atoms with E-state index < -0.39 is 28.5 Å². The average Bonchev–Trinajstić information content (AvgIpc) is 2.67. The monoisotopic (exact) mass is 404 g/mol. The summed E-state index contributed by atoms with van der Waals surface area (Å²) >= 11 is 0. The fourth-order valence-corrected chi connectivity index (χ4v) is 4.07. The van der Waals surface area contributed by atoms with E-state index >= 15 is 0 Å². The maximum Gasteiger partial charge on any atom is 0.338 e. The number of benzene rings is 2. The first-order valence-corrected chi connectivity index (χ1v) is 10.4. The van der Waals surface area contributed by atoms with Crippen LogP contribution < -0.4 is 5.32 Å². The maximum atomic E-state index is 12.4. The van der Waals surface area contributed by atoms with Gasteiger partial charge >= 0.3 is 5.97 Å². The molecule has 0 bridgehead atoms. The lowest BCUT2D eigenvalue weighted by Gasteiger charge is -2.18. The Balaban J connectivity index is 1.97. The van der Waals surface area contributed by atoms with Crippen LogP contribution in [0.3, 0.4) is 0 Å². The van der Waals surface area contributed by atoms with Crippen molar-refractivity contribution in [1.82, 2.24) is 4.31 Å². The van der Waals surface area contributed by atoms with Crippen molar-refractivity contribution in [1.29, 1.82) is 0 Å². The van der Waals surface area contributed by atoms with Crippen molar-refractivity contribution in [2.45, 2.75) is 25.7 Å². The summed E-state index contributed by atoms with van der Waals surface area (Å²) in [5.41, 5.74) is 1.78. The lowest BCUT2D eigenvalue weighted by molar-refractivity contribution is -0.119. The first kappa shape index (κ1) is 21.6. The topological polar surface area (TPSA) is 92.8 Å². The molecular weight excluding hydrogens is 380 g/mol. The van der Waals surface area contributed by atoms with Gasteiger partial charge in [-0.1, -0.05) is 26.0 Å². The Bertz CT molecular complexity index is 935. The molecule has 7 nitrogen and oxygen atoms in total. The third kappa shape index (κ3) is 5.40. The molecule has 150 valence electrons. The van der Waals surface area contributed by atoms with Crippen LogP contribution in [0.2, 0.25) is 0 Å². The number of hydrogen-bond donors (Lipinski definition) is 1. The molecule has 28 heavy (non-hydrogen) atoms. The van der Waals surface area contributed by atoms with Crippen LogP contribution in [0, 0.1) is 6.92 Å². The summed E-state index contributed by atoms with van der Waals surface area (Å²) in [7, 11) is -3.59. The molecule has 1 amide bonds. The van der Waals surface area contributed by atoms with Gasteiger partial charge in [0.2, 0.25) is 10.0 Å². The van der Waals surface area contributed by atoms with E-state index in [0.29, 0.717) is 18.8 Å². The van der Waals surface area contributed by atoms with Crippen molar-refractivity contribution >= 4 is 27.6 Å². The number of carbonyl (C=O) groups is 2. The number of sulfonamides is 1. The van der Waals surface area contributed by atoms with E-state index in [9.17, 15) is 18.0 Å². The van der Waals surface area contributed by atoms with Crippen molar-refractivity contribution in [3.8, 4) is 0 Å². The van der Waals surface area contributed by atoms with Gasteiger partial charge in [0.25, 0.3) is 5.91 Å². The summed E-state index contributed by atoms with van der Waals surface area (Å²) in [5.74, 6) is -1.16. The molecule has 0 aliphatic carbocycles. The number of nitrogens with zero attached hydrogens (tertiary/aromatic N) is 1. The summed E-state index contributed by atoms with van der Waals surface area (Å²) < 4.78 is 31.2. The molecule has 0 aromatic heterocycles. The number of amides is 1. The van der Waals surface area contributed by atoms with Crippen LogP contribution in [0.25, 0.3) is 0 Å². The summed E-state index contributed by atoms with van der Waals surface area (Å²) in [5, 5.41) is 2.64. The van der Waals surface area contributed by atoms with Crippen LogP contribution in [-0.2, 0) is 19.6 Å². The van der Waals surface area contributed by atoms with Gasteiger partial charge in [0.15, 0.2) is 6.61 Å². The summed E-state index contributed by atoms with van der Waals surface area (Å²) in [4.78, 5) is 24.1. The zero-order valence-corrected chi connectivity index (χ0v) is 17.0. The number of ether oxygens (including phenoxy) is 1. The van der Waals surface area contributed by atoms with E-state index in [0.717, 1.165) is 5.56 Å². The average molecular weight is 404 g/mol. The van der Waals surface area contributed by atoms with Crippen LogP contribution >= 0.6 is 0 Å². The highest BCUT2D eigenvalue weighted by Gasteiger charge is 2.22. The summed E-state index contributed by atoms with van der Waals surface area (Å²) in [6.45, 7) is 5.70. The third-order valence-electron chi connectivity index (χ3n) is 4.07. The maximum absolute atomic E-state index is 12.4. The number of rotatable bonds is 8. The van der Waals surface area contributed by atoms with E-state index in [1.54, 1.807) is 26.0 Å². The predicted molar refractivity (Wildman–Crippen MR) is 107 cm³/mol. The summed E-state index contributed by atoms with van der Waals surface area (Å²) in [6.07, 6.45) is 0. The Labute approximate surface area is 165 Å². The molecule has 0 saturated heterocycles. The molecule has 0 spiro atoms. The molecule has 8 heteroatoms. The Morgan fingerprint density at radius 2 is 1.68 bits per heavy atom. The van der Waals surface area contributed by atoms with Gasteiger partial charge in [-0.3, -0.25) is 4.79 Å².